The minimum Gasteiger partial charge on any atom is -0.439 e. The lowest BCUT2D eigenvalue weighted by molar-refractivity contribution is 0.0997. The molecule has 0 saturated carbocycles. The molecule has 4 heterocycles. The topological polar surface area (TPSA) is 154 Å². The van der Waals surface area contributed by atoms with Crippen LogP contribution in [0.15, 0.2) is 63.2 Å². The van der Waals surface area contributed by atoms with E-state index in [1.54, 1.807) is 18.2 Å². The maximum Gasteiger partial charge on any atom is 0.253 e. The number of primary amides is 1. The molecule has 0 aliphatic carbocycles. The molecular formula is C24H24N6O5S. The van der Waals surface area contributed by atoms with Crippen molar-refractivity contribution in [1.29, 1.82) is 0 Å². The van der Waals surface area contributed by atoms with E-state index in [0.29, 0.717) is 29.2 Å². The van der Waals surface area contributed by atoms with Crippen molar-refractivity contribution >= 4 is 32.6 Å². The third-order valence-electron chi connectivity index (χ3n) is 6.18. The van der Waals surface area contributed by atoms with Gasteiger partial charge in [0.25, 0.3) is 5.91 Å². The number of aromatic nitrogens is 4. The first-order chi connectivity index (χ1) is 17.1. The number of pyridine rings is 2. The number of nitrogens with zero attached hydrogens (tertiary/aromatic N) is 5. The Bertz CT molecular complexity index is 1580. The Morgan fingerprint density at radius 3 is 2.67 bits per heavy atom. The van der Waals surface area contributed by atoms with E-state index in [2.05, 4.69) is 31.8 Å². The van der Waals surface area contributed by atoms with Crippen molar-refractivity contribution in [1.82, 2.24) is 20.3 Å². The molecule has 36 heavy (non-hydrogen) atoms. The zero-order valence-corrected chi connectivity index (χ0v) is 20.7. The van der Waals surface area contributed by atoms with Gasteiger partial charge in [-0.15, -0.1) is 0 Å². The Hall–Kier alpha value is -4.06. The van der Waals surface area contributed by atoms with Crippen molar-refractivity contribution < 1.29 is 22.6 Å². The number of benzene rings is 1. The SMILES string of the molecule is CC1CN(c2nccc(S(=O)(=O)c3cccc(Oc4ccc5nonc5c4)n3)c2C(N)=O)C(C)(C)C1. The molecule has 12 heteroatoms. The highest BCUT2D eigenvalue weighted by molar-refractivity contribution is 7.91. The van der Waals surface area contributed by atoms with Crippen LogP contribution in [0, 0.1) is 5.92 Å². The number of carbonyl (C=O) groups is 1. The molecule has 1 fully saturated rings. The van der Waals surface area contributed by atoms with Gasteiger partial charge in [0.05, 0.1) is 4.90 Å². The lowest BCUT2D eigenvalue weighted by atomic mass is 9.97. The molecule has 1 atom stereocenters. The lowest BCUT2D eigenvalue weighted by Gasteiger charge is -2.33. The first-order valence-corrected chi connectivity index (χ1v) is 12.7. The van der Waals surface area contributed by atoms with E-state index >= 15 is 0 Å². The number of anilines is 1. The standard InChI is InChI=1S/C24H24N6O5S/c1-14-12-24(2,3)30(13-14)23-21(22(25)31)18(9-10-26-23)36(32,33)20-6-4-5-19(27-20)34-15-7-8-16-17(11-15)29-35-28-16/h4-11,14H,12-13H2,1-3H3,(H2,25,31). The van der Waals surface area contributed by atoms with Crippen LogP contribution >= 0.6 is 0 Å². The summed E-state index contributed by atoms with van der Waals surface area (Å²) in [7, 11) is -4.25. The molecule has 0 radical (unpaired) electrons. The lowest BCUT2D eigenvalue weighted by Crippen LogP contribution is -2.40. The van der Waals surface area contributed by atoms with E-state index in [1.807, 2.05) is 18.7 Å². The maximum absolute atomic E-state index is 13.7. The Labute approximate surface area is 207 Å². The third-order valence-corrected chi connectivity index (χ3v) is 7.88. The summed E-state index contributed by atoms with van der Waals surface area (Å²) < 4.78 is 37.8. The van der Waals surface area contributed by atoms with E-state index in [4.69, 9.17) is 10.5 Å². The van der Waals surface area contributed by atoms with Gasteiger partial charge in [0.15, 0.2) is 5.03 Å². The van der Waals surface area contributed by atoms with Crippen LogP contribution in [0.3, 0.4) is 0 Å². The molecule has 4 aromatic rings. The molecule has 3 aromatic heterocycles. The smallest absolute Gasteiger partial charge is 0.253 e. The van der Waals surface area contributed by atoms with Crippen molar-refractivity contribution in [2.24, 2.45) is 11.7 Å². The largest absolute Gasteiger partial charge is 0.439 e. The van der Waals surface area contributed by atoms with Gasteiger partial charge < -0.3 is 15.4 Å². The average Bonchev–Trinajstić information content (AvgIpc) is 3.40. The van der Waals surface area contributed by atoms with Crippen LogP contribution in [0.4, 0.5) is 5.82 Å². The molecule has 1 aliphatic rings. The summed E-state index contributed by atoms with van der Waals surface area (Å²) in [4.78, 5) is 22.8. The summed E-state index contributed by atoms with van der Waals surface area (Å²) in [5.74, 6) is 0.116. The number of nitrogens with two attached hydrogens (primary N) is 1. The number of carbonyl (C=O) groups excluding carboxylic acids is 1. The Morgan fingerprint density at radius 1 is 1.17 bits per heavy atom. The van der Waals surface area contributed by atoms with Crippen LogP contribution in [-0.2, 0) is 9.84 Å². The predicted octanol–water partition coefficient (Wildman–Crippen LogP) is 3.36. The molecule has 1 aliphatic heterocycles. The van der Waals surface area contributed by atoms with Crippen LogP contribution in [-0.4, -0.2) is 46.7 Å². The molecule has 1 unspecified atom stereocenters. The molecule has 186 valence electrons. The van der Waals surface area contributed by atoms with Crippen molar-refractivity contribution in [2.45, 2.75) is 42.7 Å². The molecular weight excluding hydrogens is 484 g/mol. The second kappa shape index (κ2) is 8.55. The first kappa shape index (κ1) is 23.7. The summed E-state index contributed by atoms with van der Waals surface area (Å²) in [5, 5.41) is 7.20. The van der Waals surface area contributed by atoms with Crippen LogP contribution in [0.25, 0.3) is 11.0 Å². The molecule has 1 amide bonds. The molecule has 1 saturated heterocycles. The van der Waals surface area contributed by atoms with Crippen LogP contribution in [0.2, 0.25) is 0 Å². The fraction of sp³-hybridized carbons (Fsp3) is 0.292. The maximum atomic E-state index is 13.7. The summed E-state index contributed by atoms with van der Waals surface area (Å²) in [6.07, 6.45) is 2.23. The zero-order chi connectivity index (χ0) is 25.7. The average molecular weight is 509 g/mol. The fourth-order valence-corrected chi connectivity index (χ4v) is 6.11. The third kappa shape index (κ3) is 4.13. The number of amides is 1. The molecule has 0 bridgehead atoms. The van der Waals surface area contributed by atoms with Gasteiger partial charge >= 0.3 is 0 Å². The number of hydrogen-bond acceptors (Lipinski definition) is 10. The van der Waals surface area contributed by atoms with E-state index in [0.717, 1.165) is 6.42 Å². The van der Waals surface area contributed by atoms with E-state index in [-0.39, 0.29) is 32.7 Å². The highest BCUT2D eigenvalue weighted by atomic mass is 32.2. The molecule has 0 spiro atoms. The van der Waals surface area contributed by atoms with E-state index in [9.17, 15) is 13.2 Å². The Balaban J connectivity index is 1.54. The number of ether oxygens (including phenoxy) is 1. The minimum atomic E-state index is -4.25. The predicted molar refractivity (Wildman–Crippen MR) is 130 cm³/mol. The van der Waals surface area contributed by atoms with Gasteiger partial charge in [-0.3, -0.25) is 4.79 Å². The van der Waals surface area contributed by atoms with E-state index in [1.165, 1.54) is 30.5 Å². The van der Waals surface area contributed by atoms with Crippen molar-refractivity contribution in [3.8, 4) is 11.6 Å². The highest BCUT2D eigenvalue weighted by Crippen LogP contribution is 2.39. The van der Waals surface area contributed by atoms with Gasteiger partial charge in [0.2, 0.25) is 15.7 Å². The van der Waals surface area contributed by atoms with Crippen molar-refractivity contribution in [3.63, 3.8) is 0 Å². The van der Waals surface area contributed by atoms with Crippen LogP contribution < -0.4 is 15.4 Å². The van der Waals surface area contributed by atoms with Gasteiger partial charge in [0.1, 0.15) is 28.2 Å². The number of rotatable bonds is 6. The zero-order valence-electron chi connectivity index (χ0n) is 19.9. The minimum absolute atomic E-state index is 0.0382. The Morgan fingerprint density at radius 2 is 1.94 bits per heavy atom. The summed E-state index contributed by atoms with van der Waals surface area (Å²) in [5.41, 5.74) is 6.26. The summed E-state index contributed by atoms with van der Waals surface area (Å²) in [6.45, 7) is 6.77. The molecule has 11 nitrogen and oxygen atoms in total. The second-order valence-electron chi connectivity index (χ2n) is 9.44. The summed E-state index contributed by atoms with van der Waals surface area (Å²) >= 11 is 0. The summed E-state index contributed by atoms with van der Waals surface area (Å²) in [6, 6.07) is 10.5. The van der Waals surface area contributed by atoms with Crippen LogP contribution in [0.5, 0.6) is 11.6 Å². The first-order valence-electron chi connectivity index (χ1n) is 11.2. The normalized spacial score (nSPS) is 17.4. The van der Waals surface area contributed by atoms with Gasteiger partial charge in [0, 0.05) is 30.4 Å². The second-order valence-corrected chi connectivity index (χ2v) is 11.3. The van der Waals surface area contributed by atoms with Gasteiger partial charge in [-0.2, -0.15) is 0 Å². The monoisotopic (exact) mass is 508 g/mol. The van der Waals surface area contributed by atoms with Crippen molar-refractivity contribution in [2.75, 3.05) is 11.4 Å². The number of sulfone groups is 1. The fourth-order valence-electron chi connectivity index (χ4n) is 4.71. The number of hydrogen-bond donors (Lipinski definition) is 1. The molecule has 1 aromatic carbocycles. The Kier molecular flexibility index (Phi) is 5.62. The van der Waals surface area contributed by atoms with E-state index < -0.39 is 15.7 Å². The van der Waals surface area contributed by atoms with Gasteiger partial charge in [-0.05, 0) is 60.8 Å². The van der Waals surface area contributed by atoms with Gasteiger partial charge in [-0.1, -0.05) is 13.0 Å². The van der Waals surface area contributed by atoms with Crippen molar-refractivity contribution in [3.05, 3.63) is 54.2 Å². The molecule has 2 N–H and O–H groups in total. The quantitative estimate of drug-likeness (QED) is 0.410. The molecule has 5 rings (SSSR count). The van der Waals surface area contributed by atoms with Crippen LogP contribution in [0.1, 0.15) is 37.6 Å². The highest BCUT2D eigenvalue weighted by Gasteiger charge is 2.40. The van der Waals surface area contributed by atoms with Gasteiger partial charge in [-0.25, -0.2) is 23.0 Å². The number of fused-ring (bicyclic) bond motifs is 1.